The molecule has 3 rings (SSSR count). The maximum atomic E-state index is 12.4. The molecule has 1 aromatic carbocycles. The summed E-state index contributed by atoms with van der Waals surface area (Å²) >= 11 is 0. The molecule has 0 saturated carbocycles. The fraction of sp³-hybridized carbons (Fsp3) is 0.438. The van der Waals surface area contributed by atoms with Crippen molar-refractivity contribution in [3.63, 3.8) is 0 Å². The molecular weight excluding hydrogens is 278 g/mol. The minimum atomic E-state index is -0.0113. The van der Waals surface area contributed by atoms with Crippen molar-refractivity contribution < 1.29 is 4.79 Å². The van der Waals surface area contributed by atoms with Gasteiger partial charge in [-0.2, -0.15) is 0 Å². The minimum Gasteiger partial charge on any atom is -0.325 e. The van der Waals surface area contributed by atoms with Crippen LogP contribution in [-0.2, 0) is 0 Å². The minimum absolute atomic E-state index is 0.0113. The molecule has 2 aromatic rings. The van der Waals surface area contributed by atoms with Gasteiger partial charge in [0, 0.05) is 18.8 Å². The van der Waals surface area contributed by atoms with E-state index in [2.05, 4.69) is 15.5 Å². The summed E-state index contributed by atoms with van der Waals surface area (Å²) in [5.74, 6) is 0. The third kappa shape index (κ3) is 3.63. The summed E-state index contributed by atoms with van der Waals surface area (Å²) in [6.45, 7) is 1.69. The number of rotatable bonds is 2. The number of anilines is 1. The van der Waals surface area contributed by atoms with E-state index in [1.165, 1.54) is 19.3 Å². The Hall–Kier alpha value is -2.37. The molecule has 0 radical (unpaired) electrons. The number of carbonyl (C=O) groups excluding carboxylic acids is 1. The number of urea groups is 1. The molecule has 116 valence electrons. The number of hydrogen-bond donors (Lipinski definition) is 1. The van der Waals surface area contributed by atoms with E-state index in [9.17, 15) is 4.79 Å². The van der Waals surface area contributed by atoms with Crippen LogP contribution in [0.3, 0.4) is 0 Å². The van der Waals surface area contributed by atoms with Crippen LogP contribution in [0.2, 0.25) is 0 Å². The lowest BCUT2D eigenvalue weighted by Gasteiger charge is -2.25. The van der Waals surface area contributed by atoms with Crippen molar-refractivity contribution in [2.24, 2.45) is 0 Å². The lowest BCUT2D eigenvalue weighted by molar-refractivity contribution is 0.206. The summed E-state index contributed by atoms with van der Waals surface area (Å²) < 4.78 is 1.81. The lowest BCUT2D eigenvalue weighted by Crippen LogP contribution is -2.37. The Bertz CT molecular complexity index is 603. The van der Waals surface area contributed by atoms with Crippen molar-refractivity contribution >= 4 is 11.7 Å². The van der Waals surface area contributed by atoms with Gasteiger partial charge >= 0.3 is 6.03 Å². The molecule has 0 bridgehead atoms. The highest BCUT2D eigenvalue weighted by atomic mass is 16.2. The summed E-state index contributed by atoms with van der Waals surface area (Å²) in [4.78, 5) is 14.3. The van der Waals surface area contributed by atoms with Gasteiger partial charge in [0.1, 0.15) is 12.7 Å². The normalized spacial score (nSPS) is 15.9. The molecule has 0 unspecified atom stereocenters. The van der Waals surface area contributed by atoms with E-state index in [0.29, 0.717) is 0 Å². The highest BCUT2D eigenvalue weighted by Gasteiger charge is 2.14. The molecule has 1 aromatic heterocycles. The van der Waals surface area contributed by atoms with Crippen LogP contribution in [0, 0.1) is 0 Å². The second-order valence-corrected chi connectivity index (χ2v) is 5.60. The van der Waals surface area contributed by atoms with Crippen LogP contribution in [0.25, 0.3) is 5.69 Å². The van der Waals surface area contributed by atoms with Gasteiger partial charge in [0.2, 0.25) is 0 Å². The van der Waals surface area contributed by atoms with Crippen LogP contribution < -0.4 is 5.32 Å². The fourth-order valence-corrected chi connectivity index (χ4v) is 2.73. The molecule has 1 aliphatic rings. The highest BCUT2D eigenvalue weighted by molar-refractivity contribution is 5.89. The summed E-state index contributed by atoms with van der Waals surface area (Å²) in [5, 5.41) is 10.6. The zero-order valence-corrected chi connectivity index (χ0v) is 12.6. The number of nitrogens with zero attached hydrogens (tertiary/aromatic N) is 4. The fourth-order valence-electron chi connectivity index (χ4n) is 2.73. The van der Waals surface area contributed by atoms with Crippen LogP contribution in [0.1, 0.15) is 32.1 Å². The van der Waals surface area contributed by atoms with Crippen molar-refractivity contribution in [2.75, 3.05) is 18.4 Å². The predicted octanol–water partition coefficient (Wildman–Crippen LogP) is 3.07. The van der Waals surface area contributed by atoms with Crippen LogP contribution in [0.5, 0.6) is 0 Å². The molecule has 1 fully saturated rings. The van der Waals surface area contributed by atoms with E-state index >= 15 is 0 Å². The SMILES string of the molecule is O=C(Nc1cccc(-n2cnnc2)c1)N1CCCCCCC1. The largest absolute Gasteiger partial charge is 0.325 e. The van der Waals surface area contributed by atoms with Crippen LogP contribution in [-0.4, -0.2) is 38.8 Å². The molecule has 0 spiro atoms. The van der Waals surface area contributed by atoms with Crippen LogP contribution in [0.15, 0.2) is 36.9 Å². The van der Waals surface area contributed by atoms with Gasteiger partial charge in [-0.15, -0.1) is 10.2 Å². The number of hydrogen-bond acceptors (Lipinski definition) is 3. The quantitative estimate of drug-likeness (QED) is 0.927. The summed E-state index contributed by atoms with van der Waals surface area (Å²) in [5.41, 5.74) is 1.72. The molecule has 1 aliphatic heterocycles. The zero-order chi connectivity index (χ0) is 15.2. The van der Waals surface area contributed by atoms with Crippen molar-refractivity contribution in [1.82, 2.24) is 19.7 Å². The third-order valence-electron chi connectivity index (χ3n) is 3.96. The summed E-state index contributed by atoms with van der Waals surface area (Å²) in [6, 6.07) is 7.68. The first-order chi connectivity index (χ1) is 10.8. The third-order valence-corrected chi connectivity index (χ3v) is 3.96. The van der Waals surface area contributed by atoms with Gasteiger partial charge in [-0.25, -0.2) is 4.79 Å². The van der Waals surface area contributed by atoms with Crippen molar-refractivity contribution in [2.45, 2.75) is 32.1 Å². The molecular formula is C16H21N5O. The van der Waals surface area contributed by atoms with Gasteiger partial charge in [-0.1, -0.05) is 25.3 Å². The molecule has 2 heterocycles. The first kappa shape index (κ1) is 14.6. The van der Waals surface area contributed by atoms with Crippen LogP contribution >= 0.6 is 0 Å². The maximum absolute atomic E-state index is 12.4. The van der Waals surface area contributed by atoms with Gasteiger partial charge in [0.25, 0.3) is 0 Å². The lowest BCUT2D eigenvalue weighted by atomic mass is 10.1. The Morgan fingerprint density at radius 1 is 1.00 bits per heavy atom. The van der Waals surface area contributed by atoms with Crippen molar-refractivity contribution in [3.8, 4) is 5.69 Å². The Kier molecular flexibility index (Phi) is 4.68. The summed E-state index contributed by atoms with van der Waals surface area (Å²) in [6.07, 6.45) is 9.18. The zero-order valence-electron chi connectivity index (χ0n) is 12.6. The predicted molar refractivity (Wildman–Crippen MR) is 85.0 cm³/mol. The molecule has 22 heavy (non-hydrogen) atoms. The van der Waals surface area contributed by atoms with E-state index < -0.39 is 0 Å². The Morgan fingerprint density at radius 3 is 2.41 bits per heavy atom. The van der Waals surface area contributed by atoms with Gasteiger partial charge in [0.15, 0.2) is 0 Å². The standard InChI is InChI=1S/C16H21N5O/c22-16(20-9-4-2-1-3-5-10-20)19-14-7-6-8-15(11-14)21-12-17-18-13-21/h6-8,11-13H,1-5,9-10H2,(H,19,22). The molecule has 2 amide bonds. The Balaban J connectivity index is 1.67. The average molecular weight is 299 g/mol. The van der Waals surface area contributed by atoms with Gasteiger partial charge in [0.05, 0.1) is 5.69 Å². The molecule has 6 nitrogen and oxygen atoms in total. The average Bonchev–Trinajstić information content (AvgIpc) is 3.01. The number of carbonyl (C=O) groups is 1. The van der Waals surface area contributed by atoms with Gasteiger partial charge < -0.3 is 10.2 Å². The molecule has 1 saturated heterocycles. The van der Waals surface area contributed by atoms with Crippen LogP contribution in [0.4, 0.5) is 10.5 Å². The highest BCUT2D eigenvalue weighted by Crippen LogP contribution is 2.16. The smallest absolute Gasteiger partial charge is 0.321 e. The van der Waals surface area contributed by atoms with E-state index in [0.717, 1.165) is 37.3 Å². The number of amides is 2. The van der Waals surface area contributed by atoms with E-state index in [4.69, 9.17) is 0 Å². The molecule has 6 heteroatoms. The van der Waals surface area contributed by atoms with E-state index in [1.54, 1.807) is 12.7 Å². The molecule has 1 N–H and O–H groups in total. The number of likely N-dealkylation sites (tertiary alicyclic amines) is 1. The molecule has 0 aliphatic carbocycles. The van der Waals surface area contributed by atoms with Gasteiger partial charge in [-0.05, 0) is 31.0 Å². The van der Waals surface area contributed by atoms with Crippen molar-refractivity contribution in [3.05, 3.63) is 36.9 Å². The Morgan fingerprint density at radius 2 is 1.68 bits per heavy atom. The Labute approximate surface area is 130 Å². The van der Waals surface area contributed by atoms with E-state index in [-0.39, 0.29) is 6.03 Å². The second-order valence-electron chi connectivity index (χ2n) is 5.60. The second kappa shape index (κ2) is 7.06. The van der Waals surface area contributed by atoms with Crippen molar-refractivity contribution in [1.29, 1.82) is 0 Å². The number of aromatic nitrogens is 3. The molecule has 0 atom stereocenters. The first-order valence-corrected chi connectivity index (χ1v) is 7.84. The topological polar surface area (TPSA) is 63.1 Å². The maximum Gasteiger partial charge on any atom is 0.321 e. The number of benzene rings is 1. The van der Waals surface area contributed by atoms with E-state index in [1.807, 2.05) is 33.7 Å². The monoisotopic (exact) mass is 299 g/mol. The van der Waals surface area contributed by atoms with Gasteiger partial charge in [-0.3, -0.25) is 4.57 Å². The first-order valence-electron chi connectivity index (χ1n) is 7.84. The summed E-state index contributed by atoms with van der Waals surface area (Å²) in [7, 11) is 0. The number of nitrogens with one attached hydrogen (secondary N) is 1.